The SMILES string of the molecule is C=C(CNC(C)(C)C)CSCC(C)CC. The molecule has 0 aromatic carbocycles. The van der Waals surface area contributed by atoms with E-state index in [9.17, 15) is 0 Å². The third kappa shape index (κ3) is 10.3. The Morgan fingerprint density at radius 1 is 1.40 bits per heavy atom. The van der Waals surface area contributed by atoms with Gasteiger partial charge in [-0.1, -0.05) is 32.4 Å². The van der Waals surface area contributed by atoms with Gasteiger partial charge in [0.15, 0.2) is 0 Å². The molecule has 0 radical (unpaired) electrons. The van der Waals surface area contributed by atoms with Crippen LogP contribution in [0, 0.1) is 5.92 Å². The zero-order valence-electron chi connectivity index (χ0n) is 11.0. The van der Waals surface area contributed by atoms with E-state index in [1.165, 1.54) is 17.7 Å². The number of hydrogen-bond donors (Lipinski definition) is 1. The smallest absolute Gasteiger partial charge is 0.0175 e. The van der Waals surface area contributed by atoms with Gasteiger partial charge in [-0.25, -0.2) is 0 Å². The summed E-state index contributed by atoms with van der Waals surface area (Å²) in [5.41, 5.74) is 1.50. The fraction of sp³-hybridized carbons (Fsp3) is 0.846. The van der Waals surface area contributed by atoms with E-state index in [2.05, 4.69) is 46.5 Å². The Kier molecular flexibility index (Phi) is 7.37. The summed E-state index contributed by atoms with van der Waals surface area (Å²) in [7, 11) is 0. The van der Waals surface area contributed by atoms with Crippen LogP contribution >= 0.6 is 11.8 Å². The molecular formula is C13H27NS. The van der Waals surface area contributed by atoms with Crippen LogP contribution in [0.5, 0.6) is 0 Å². The molecule has 0 fully saturated rings. The van der Waals surface area contributed by atoms with Crippen molar-refractivity contribution >= 4 is 11.8 Å². The molecule has 1 nitrogen and oxygen atoms in total. The molecule has 0 aliphatic rings. The summed E-state index contributed by atoms with van der Waals surface area (Å²) in [5, 5.41) is 3.46. The largest absolute Gasteiger partial charge is 0.308 e. The van der Waals surface area contributed by atoms with Crippen LogP contribution in [0.15, 0.2) is 12.2 Å². The van der Waals surface area contributed by atoms with Crippen molar-refractivity contribution in [1.82, 2.24) is 5.32 Å². The number of thioether (sulfide) groups is 1. The molecule has 0 aromatic heterocycles. The van der Waals surface area contributed by atoms with Gasteiger partial charge in [0.2, 0.25) is 0 Å². The van der Waals surface area contributed by atoms with Crippen LogP contribution in [0.1, 0.15) is 41.0 Å². The molecule has 1 N–H and O–H groups in total. The Morgan fingerprint density at radius 3 is 2.47 bits per heavy atom. The van der Waals surface area contributed by atoms with Crippen molar-refractivity contribution in [3.63, 3.8) is 0 Å². The highest BCUT2D eigenvalue weighted by Crippen LogP contribution is 2.13. The van der Waals surface area contributed by atoms with Crippen molar-refractivity contribution in [3.05, 3.63) is 12.2 Å². The van der Waals surface area contributed by atoms with E-state index in [0.717, 1.165) is 18.2 Å². The lowest BCUT2D eigenvalue weighted by molar-refractivity contribution is 0.445. The maximum absolute atomic E-state index is 4.10. The Labute approximate surface area is 100 Å². The summed E-state index contributed by atoms with van der Waals surface area (Å²) in [6, 6.07) is 0. The summed E-state index contributed by atoms with van der Waals surface area (Å²) >= 11 is 2.01. The average molecular weight is 229 g/mol. The second kappa shape index (κ2) is 7.34. The zero-order valence-corrected chi connectivity index (χ0v) is 11.8. The average Bonchev–Trinajstić information content (AvgIpc) is 2.13. The van der Waals surface area contributed by atoms with E-state index in [0.29, 0.717) is 0 Å². The first-order valence-electron chi connectivity index (χ1n) is 5.84. The Hall–Kier alpha value is 0.0500. The predicted octanol–water partition coefficient (Wildman–Crippen LogP) is 3.71. The van der Waals surface area contributed by atoms with Gasteiger partial charge < -0.3 is 5.32 Å². The minimum atomic E-state index is 0.199. The molecular weight excluding hydrogens is 202 g/mol. The molecule has 1 atom stereocenters. The minimum absolute atomic E-state index is 0.199. The third-order valence-corrected chi connectivity index (χ3v) is 3.69. The molecule has 0 amide bonds. The highest BCUT2D eigenvalue weighted by Gasteiger charge is 2.08. The molecule has 15 heavy (non-hydrogen) atoms. The fourth-order valence-corrected chi connectivity index (χ4v) is 2.11. The van der Waals surface area contributed by atoms with Crippen LogP contribution in [0.4, 0.5) is 0 Å². The van der Waals surface area contributed by atoms with Gasteiger partial charge in [0, 0.05) is 17.8 Å². The highest BCUT2D eigenvalue weighted by atomic mass is 32.2. The summed E-state index contributed by atoms with van der Waals surface area (Å²) in [6.45, 7) is 16.2. The number of hydrogen-bond acceptors (Lipinski definition) is 2. The van der Waals surface area contributed by atoms with Crippen LogP contribution in [0.2, 0.25) is 0 Å². The minimum Gasteiger partial charge on any atom is -0.308 e. The Balaban J connectivity index is 3.50. The number of nitrogens with one attached hydrogen (secondary N) is 1. The fourth-order valence-electron chi connectivity index (χ4n) is 0.963. The molecule has 0 rings (SSSR count). The van der Waals surface area contributed by atoms with Crippen molar-refractivity contribution in [2.75, 3.05) is 18.1 Å². The second-order valence-electron chi connectivity index (χ2n) is 5.38. The molecule has 1 unspecified atom stereocenters. The molecule has 2 heteroatoms. The van der Waals surface area contributed by atoms with Gasteiger partial charge >= 0.3 is 0 Å². The molecule has 0 spiro atoms. The van der Waals surface area contributed by atoms with Crippen molar-refractivity contribution in [3.8, 4) is 0 Å². The van der Waals surface area contributed by atoms with Gasteiger partial charge in [-0.05, 0) is 32.4 Å². The Bertz CT molecular complexity index is 181. The van der Waals surface area contributed by atoms with Crippen molar-refractivity contribution in [2.24, 2.45) is 5.92 Å². The summed E-state index contributed by atoms with van der Waals surface area (Å²) < 4.78 is 0. The van der Waals surface area contributed by atoms with E-state index in [4.69, 9.17) is 0 Å². The quantitative estimate of drug-likeness (QED) is 0.668. The van der Waals surface area contributed by atoms with E-state index in [1.807, 2.05) is 11.8 Å². The van der Waals surface area contributed by atoms with Crippen molar-refractivity contribution in [1.29, 1.82) is 0 Å². The van der Waals surface area contributed by atoms with Crippen molar-refractivity contribution < 1.29 is 0 Å². The van der Waals surface area contributed by atoms with E-state index >= 15 is 0 Å². The van der Waals surface area contributed by atoms with Crippen LogP contribution in [0.25, 0.3) is 0 Å². The first kappa shape index (κ1) is 15.0. The van der Waals surface area contributed by atoms with Gasteiger partial charge in [-0.3, -0.25) is 0 Å². The molecule has 0 saturated heterocycles. The Morgan fingerprint density at radius 2 is 2.00 bits per heavy atom. The van der Waals surface area contributed by atoms with Gasteiger partial charge in [-0.15, -0.1) is 0 Å². The van der Waals surface area contributed by atoms with Crippen LogP contribution in [-0.4, -0.2) is 23.6 Å². The first-order chi connectivity index (χ1) is 6.85. The maximum atomic E-state index is 4.10. The highest BCUT2D eigenvalue weighted by molar-refractivity contribution is 7.99. The first-order valence-corrected chi connectivity index (χ1v) is 7.00. The van der Waals surface area contributed by atoms with Gasteiger partial charge in [0.25, 0.3) is 0 Å². The molecule has 0 aliphatic carbocycles. The molecule has 0 heterocycles. The van der Waals surface area contributed by atoms with Crippen molar-refractivity contribution in [2.45, 2.75) is 46.6 Å². The molecule has 0 aliphatic heterocycles. The lowest BCUT2D eigenvalue weighted by Crippen LogP contribution is -2.37. The lowest BCUT2D eigenvalue weighted by atomic mass is 10.1. The third-order valence-electron chi connectivity index (χ3n) is 2.27. The van der Waals surface area contributed by atoms with E-state index in [1.54, 1.807) is 0 Å². The van der Waals surface area contributed by atoms with Crippen LogP contribution in [0.3, 0.4) is 0 Å². The summed E-state index contributed by atoms with van der Waals surface area (Å²) in [5.74, 6) is 3.18. The van der Waals surface area contributed by atoms with Gasteiger partial charge in [-0.2, -0.15) is 11.8 Å². The standard InChI is InChI=1S/C13H27NS/c1-7-11(2)9-15-10-12(3)8-14-13(4,5)6/h11,14H,3,7-10H2,1-2,4-6H3. The topological polar surface area (TPSA) is 12.0 Å². The predicted molar refractivity (Wildman–Crippen MR) is 73.7 cm³/mol. The van der Waals surface area contributed by atoms with E-state index in [-0.39, 0.29) is 5.54 Å². The van der Waals surface area contributed by atoms with Gasteiger partial charge in [0.05, 0.1) is 0 Å². The zero-order chi connectivity index (χ0) is 11.9. The molecule has 90 valence electrons. The summed E-state index contributed by atoms with van der Waals surface area (Å²) in [4.78, 5) is 0. The van der Waals surface area contributed by atoms with E-state index < -0.39 is 0 Å². The second-order valence-corrected chi connectivity index (χ2v) is 6.41. The molecule has 0 bridgehead atoms. The van der Waals surface area contributed by atoms with Gasteiger partial charge in [0.1, 0.15) is 0 Å². The monoisotopic (exact) mass is 229 g/mol. The van der Waals surface area contributed by atoms with Crippen LogP contribution in [-0.2, 0) is 0 Å². The molecule has 0 aromatic rings. The summed E-state index contributed by atoms with van der Waals surface area (Å²) in [6.07, 6.45) is 1.28. The lowest BCUT2D eigenvalue weighted by Gasteiger charge is -2.21. The normalized spacial score (nSPS) is 13.9. The van der Waals surface area contributed by atoms with Crippen LogP contribution < -0.4 is 5.32 Å². The molecule has 0 saturated carbocycles. The number of rotatable bonds is 7. The maximum Gasteiger partial charge on any atom is 0.0175 e.